The summed E-state index contributed by atoms with van der Waals surface area (Å²) in [5.41, 5.74) is 16.5. The lowest BCUT2D eigenvalue weighted by Crippen LogP contribution is -2.58. The summed E-state index contributed by atoms with van der Waals surface area (Å²) in [6.07, 6.45) is 2.68. The molecule has 0 fully saturated rings. The summed E-state index contributed by atoms with van der Waals surface area (Å²) in [5, 5.41) is 17.2. The first kappa shape index (κ1) is 31.5. The summed E-state index contributed by atoms with van der Waals surface area (Å²) in [4.78, 5) is 53.7. The minimum Gasteiger partial charge on any atom is -0.480 e. The Morgan fingerprint density at radius 1 is 0.882 bits per heavy atom. The van der Waals surface area contributed by atoms with Crippen LogP contribution in [-0.2, 0) is 19.2 Å². The fourth-order valence-corrected chi connectivity index (χ4v) is 3.36. The summed E-state index contributed by atoms with van der Waals surface area (Å²) in [6, 6.07) is -3.87. The molecule has 0 aromatic rings. The second kappa shape index (κ2) is 16.1. The predicted octanol–water partition coefficient (Wildman–Crippen LogP) is -1.03. The topological polar surface area (TPSA) is 215 Å². The van der Waals surface area contributed by atoms with E-state index in [4.69, 9.17) is 17.2 Å². The number of aliphatic imine (C=N–C) groups is 1. The standard InChI is InChI=1S/C21H41N7O5S/c1-11(2)15(22)18(30)26-13(7-6-9-25-21(23)24)17(29)28-16(12(3)4)19(31)27-14(20(32)33)8-10-34-5/h11-16H,6-10,22H2,1-5H3,(H,26,30)(H,27,31)(H,28,29)(H,32,33)(H4,23,24,25). The third-order valence-corrected chi connectivity index (χ3v) is 5.72. The molecule has 0 rings (SSSR count). The minimum atomic E-state index is -1.15. The fourth-order valence-electron chi connectivity index (χ4n) is 2.89. The molecule has 0 saturated carbocycles. The summed E-state index contributed by atoms with van der Waals surface area (Å²) in [7, 11) is 0. The molecular weight excluding hydrogens is 462 g/mol. The predicted molar refractivity (Wildman–Crippen MR) is 134 cm³/mol. The van der Waals surface area contributed by atoms with Gasteiger partial charge >= 0.3 is 5.97 Å². The van der Waals surface area contributed by atoms with Crippen molar-refractivity contribution in [1.29, 1.82) is 0 Å². The lowest BCUT2D eigenvalue weighted by atomic mass is 10.0. The van der Waals surface area contributed by atoms with E-state index in [-0.39, 0.29) is 37.2 Å². The van der Waals surface area contributed by atoms with E-state index in [0.29, 0.717) is 12.2 Å². The number of hydrogen-bond acceptors (Lipinski definition) is 7. The molecule has 12 nitrogen and oxygen atoms in total. The van der Waals surface area contributed by atoms with Crippen LogP contribution in [0, 0.1) is 11.8 Å². The van der Waals surface area contributed by atoms with Crippen LogP contribution in [0.2, 0.25) is 0 Å². The van der Waals surface area contributed by atoms with Gasteiger partial charge in [0, 0.05) is 6.54 Å². The van der Waals surface area contributed by atoms with Gasteiger partial charge in [-0.3, -0.25) is 19.4 Å². The van der Waals surface area contributed by atoms with E-state index in [1.807, 2.05) is 6.26 Å². The second-order valence-electron chi connectivity index (χ2n) is 8.69. The number of rotatable bonds is 16. The van der Waals surface area contributed by atoms with Gasteiger partial charge in [-0.25, -0.2) is 4.79 Å². The van der Waals surface area contributed by atoms with Crippen LogP contribution >= 0.6 is 11.8 Å². The molecule has 0 aromatic carbocycles. The average Bonchev–Trinajstić information content (AvgIpc) is 2.74. The Morgan fingerprint density at radius 2 is 1.47 bits per heavy atom. The van der Waals surface area contributed by atoms with Gasteiger partial charge in [0.1, 0.15) is 18.1 Å². The van der Waals surface area contributed by atoms with Crippen LogP contribution in [0.1, 0.15) is 47.0 Å². The van der Waals surface area contributed by atoms with Crippen LogP contribution in [0.3, 0.4) is 0 Å². The highest BCUT2D eigenvalue weighted by atomic mass is 32.2. The molecule has 0 aliphatic rings. The minimum absolute atomic E-state index is 0.0853. The molecule has 3 amide bonds. The number of carbonyl (C=O) groups excluding carboxylic acids is 3. The van der Waals surface area contributed by atoms with Gasteiger partial charge in [-0.15, -0.1) is 0 Å². The van der Waals surface area contributed by atoms with Gasteiger partial charge in [-0.05, 0) is 43.1 Å². The van der Waals surface area contributed by atoms with Crippen LogP contribution < -0.4 is 33.2 Å². The van der Waals surface area contributed by atoms with Gasteiger partial charge in [0.05, 0.1) is 6.04 Å². The van der Waals surface area contributed by atoms with Gasteiger partial charge < -0.3 is 38.3 Å². The molecule has 0 aliphatic carbocycles. The average molecular weight is 504 g/mol. The van der Waals surface area contributed by atoms with E-state index in [9.17, 15) is 24.3 Å². The van der Waals surface area contributed by atoms with E-state index < -0.39 is 47.9 Å². The number of nitrogens with two attached hydrogens (primary N) is 3. The Hall–Kier alpha value is -2.54. The zero-order chi connectivity index (χ0) is 26.4. The molecule has 0 aromatic heterocycles. The van der Waals surface area contributed by atoms with Gasteiger partial charge in [0.2, 0.25) is 17.7 Å². The monoisotopic (exact) mass is 503 g/mol. The number of carbonyl (C=O) groups is 4. The lowest BCUT2D eigenvalue weighted by molar-refractivity contribution is -0.142. The maximum Gasteiger partial charge on any atom is 0.326 e. The van der Waals surface area contributed by atoms with Gasteiger partial charge in [0.15, 0.2) is 5.96 Å². The Morgan fingerprint density at radius 3 is 1.94 bits per heavy atom. The van der Waals surface area contributed by atoms with Crippen molar-refractivity contribution in [3.05, 3.63) is 0 Å². The van der Waals surface area contributed by atoms with Gasteiger partial charge in [-0.2, -0.15) is 11.8 Å². The number of carboxylic acids is 1. The number of nitrogens with zero attached hydrogens (tertiary/aromatic N) is 1. The van der Waals surface area contributed by atoms with Gasteiger partial charge in [-0.1, -0.05) is 27.7 Å². The fraction of sp³-hybridized carbons (Fsp3) is 0.762. The first-order chi connectivity index (χ1) is 15.8. The molecule has 0 heterocycles. The Balaban J connectivity index is 5.48. The van der Waals surface area contributed by atoms with Crippen molar-refractivity contribution in [2.45, 2.75) is 71.1 Å². The highest BCUT2D eigenvalue weighted by Crippen LogP contribution is 2.08. The van der Waals surface area contributed by atoms with Crippen molar-refractivity contribution in [3.8, 4) is 0 Å². The molecule has 196 valence electrons. The lowest BCUT2D eigenvalue weighted by Gasteiger charge is -2.27. The zero-order valence-corrected chi connectivity index (χ0v) is 21.5. The summed E-state index contributed by atoms with van der Waals surface area (Å²) < 4.78 is 0. The number of hydrogen-bond donors (Lipinski definition) is 7. The largest absolute Gasteiger partial charge is 0.480 e. The zero-order valence-electron chi connectivity index (χ0n) is 20.7. The highest BCUT2D eigenvalue weighted by Gasteiger charge is 2.32. The molecular formula is C21H41N7O5S. The van der Waals surface area contributed by atoms with Crippen molar-refractivity contribution in [3.63, 3.8) is 0 Å². The Bertz CT molecular complexity index is 714. The van der Waals surface area contributed by atoms with Crippen LogP contribution in [0.15, 0.2) is 4.99 Å². The number of guanidine groups is 1. The first-order valence-corrected chi connectivity index (χ1v) is 12.6. The molecule has 4 unspecified atom stereocenters. The maximum absolute atomic E-state index is 13.1. The normalized spacial score (nSPS) is 14.6. The van der Waals surface area contributed by atoms with Crippen LogP contribution in [0.5, 0.6) is 0 Å². The molecule has 10 N–H and O–H groups in total. The van der Waals surface area contributed by atoms with Gasteiger partial charge in [0.25, 0.3) is 0 Å². The molecule has 0 aliphatic heterocycles. The quantitative estimate of drug-likeness (QED) is 0.0777. The SMILES string of the molecule is CSCCC(NC(=O)C(NC(=O)C(CCCN=C(N)N)NC(=O)C(N)C(C)C)C(C)C)C(=O)O. The number of amides is 3. The third kappa shape index (κ3) is 12.1. The number of aliphatic carboxylic acids is 1. The highest BCUT2D eigenvalue weighted by molar-refractivity contribution is 7.98. The molecule has 34 heavy (non-hydrogen) atoms. The van der Waals surface area contributed by atoms with Crippen LogP contribution in [-0.4, -0.2) is 77.5 Å². The second-order valence-corrected chi connectivity index (χ2v) is 9.68. The van der Waals surface area contributed by atoms with E-state index in [2.05, 4.69) is 20.9 Å². The van der Waals surface area contributed by atoms with E-state index in [1.165, 1.54) is 11.8 Å². The molecule has 0 radical (unpaired) electrons. The molecule has 0 spiro atoms. The van der Waals surface area contributed by atoms with Crippen molar-refractivity contribution in [1.82, 2.24) is 16.0 Å². The van der Waals surface area contributed by atoms with E-state index in [0.717, 1.165) is 0 Å². The van der Waals surface area contributed by atoms with Crippen molar-refractivity contribution in [2.24, 2.45) is 34.0 Å². The third-order valence-electron chi connectivity index (χ3n) is 5.07. The summed E-state index contributed by atoms with van der Waals surface area (Å²) in [5.74, 6) is -2.85. The van der Waals surface area contributed by atoms with Crippen LogP contribution in [0.25, 0.3) is 0 Å². The number of nitrogens with one attached hydrogen (secondary N) is 3. The summed E-state index contributed by atoms with van der Waals surface area (Å²) in [6.45, 7) is 7.27. The summed E-state index contributed by atoms with van der Waals surface area (Å²) >= 11 is 1.47. The van der Waals surface area contributed by atoms with E-state index in [1.54, 1.807) is 27.7 Å². The molecule has 4 atom stereocenters. The maximum atomic E-state index is 13.1. The number of thioether (sulfide) groups is 1. The molecule has 0 bridgehead atoms. The molecule has 13 heteroatoms. The van der Waals surface area contributed by atoms with Crippen LogP contribution in [0.4, 0.5) is 0 Å². The van der Waals surface area contributed by atoms with E-state index >= 15 is 0 Å². The number of carboxylic acid groups (broad SMARTS) is 1. The van der Waals surface area contributed by atoms with Crippen molar-refractivity contribution in [2.75, 3.05) is 18.6 Å². The smallest absolute Gasteiger partial charge is 0.326 e. The molecule has 0 saturated heterocycles. The Labute approximate surface area is 205 Å². The van der Waals surface area contributed by atoms with Crippen molar-refractivity contribution < 1.29 is 24.3 Å². The van der Waals surface area contributed by atoms with Crippen molar-refractivity contribution >= 4 is 41.4 Å². The Kier molecular flexibility index (Phi) is 14.9. The first-order valence-electron chi connectivity index (χ1n) is 11.3.